The molecule has 0 atom stereocenters. The lowest BCUT2D eigenvalue weighted by Crippen LogP contribution is -2.25. The van der Waals surface area contributed by atoms with E-state index in [1.807, 2.05) is 4.90 Å². The second kappa shape index (κ2) is 5.59. The van der Waals surface area contributed by atoms with E-state index in [0.29, 0.717) is 11.4 Å². The molecule has 0 radical (unpaired) electrons. The van der Waals surface area contributed by atoms with Gasteiger partial charge in [-0.05, 0) is 31.0 Å². The zero-order valence-electron chi connectivity index (χ0n) is 9.46. The van der Waals surface area contributed by atoms with Crippen LogP contribution in [0.25, 0.3) is 0 Å². The topological polar surface area (TPSA) is 29.3 Å². The number of halogens is 1. The Balaban J connectivity index is 2.93. The summed E-state index contributed by atoms with van der Waals surface area (Å²) < 4.78 is 13.6. The largest absolute Gasteiger partial charge is 0.399 e. The van der Waals surface area contributed by atoms with Crippen LogP contribution in [-0.4, -0.2) is 13.1 Å². The van der Waals surface area contributed by atoms with Crippen LogP contribution in [0.15, 0.2) is 18.2 Å². The summed E-state index contributed by atoms with van der Waals surface area (Å²) in [6.07, 6.45) is 2.02. The van der Waals surface area contributed by atoms with Gasteiger partial charge in [-0.2, -0.15) is 0 Å². The highest BCUT2D eigenvalue weighted by molar-refractivity contribution is 5.56. The van der Waals surface area contributed by atoms with Crippen molar-refractivity contribution in [3.05, 3.63) is 24.0 Å². The van der Waals surface area contributed by atoms with Crippen molar-refractivity contribution >= 4 is 11.4 Å². The molecule has 0 spiro atoms. The Labute approximate surface area is 90.9 Å². The van der Waals surface area contributed by atoms with Crippen LogP contribution in [-0.2, 0) is 0 Å². The monoisotopic (exact) mass is 210 g/mol. The van der Waals surface area contributed by atoms with Crippen molar-refractivity contribution in [2.24, 2.45) is 0 Å². The molecule has 1 aromatic carbocycles. The molecule has 1 rings (SSSR count). The van der Waals surface area contributed by atoms with Gasteiger partial charge in [0.2, 0.25) is 0 Å². The van der Waals surface area contributed by atoms with Crippen LogP contribution in [0, 0.1) is 5.82 Å². The van der Waals surface area contributed by atoms with E-state index in [9.17, 15) is 4.39 Å². The minimum Gasteiger partial charge on any atom is -0.399 e. The summed E-state index contributed by atoms with van der Waals surface area (Å²) in [6.45, 7) is 5.92. The fraction of sp³-hybridized carbons (Fsp3) is 0.500. The number of anilines is 2. The van der Waals surface area contributed by atoms with Crippen LogP contribution in [0.1, 0.15) is 26.7 Å². The fourth-order valence-corrected chi connectivity index (χ4v) is 1.66. The molecule has 0 aromatic heterocycles. The first-order valence-corrected chi connectivity index (χ1v) is 5.49. The molecule has 0 unspecified atom stereocenters. The first kappa shape index (κ1) is 11.8. The lowest BCUT2D eigenvalue weighted by atomic mass is 10.2. The molecular weight excluding hydrogens is 191 g/mol. The van der Waals surface area contributed by atoms with Crippen LogP contribution >= 0.6 is 0 Å². The third-order valence-corrected chi connectivity index (χ3v) is 2.30. The highest BCUT2D eigenvalue weighted by Crippen LogP contribution is 2.22. The standard InChI is InChI=1S/C12H19FN2/c1-3-7-15(8-4-2)12-9-10(14)5-6-11(12)13/h5-6,9H,3-4,7-8,14H2,1-2H3. The Kier molecular flexibility index (Phi) is 4.40. The SMILES string of the molecule is CCCN(CCC)c1cc(N)ccc1F. The number of hydrogen-bond acceptors (Lipinski definition) is 2. The predicted molar refractivity (Wildman–Crippen MR) is 63.6 cm³/mol. The fourth-order valence-electron chi connectivity index (χ4n) is 1.66. The van der Waals surface area contributed by atoms with Gasteiger partial charge in [-0.25, -0.2) is 4.39 Å². The summed E-state index contributed by atoms with van der Waals surface area (Å²) in [5, 5.41) is 0. The number of nitrogens with two attached hydrogens (primary N) is 1. The van der Waals surface area contributed by atoms with Gasteiger partial charge in [0, 0.05) is 18.8 Å². The maximum Gasteiger partial charge on any atom is 0.146 e. The summed E-state index contributed by atoms with van der Waals surface area (Å²) >= 11 is 0. The summed E-state index contributed by atoms with van der Waals surface area (Å²) in [5.74, 6) is -0.189. The van der Waals surface area contributed by atoms with Crippen molar-refractivity contribution in [1.29, 1.82) is 0 Å². The van der Waals surface area contributed by atoms with Crippen LogP contribution in [0.5, 0.6) is 0 Å². The zero-order valence-corrected chi connectivity index (χ0v) is 9.46. The van der Waals surface area contributed by atoms with E-state index in [-0.39, 0.29) is 5.82 Å². The van der Waals surface area contributed by atoms with E-state index in [1.165, 1.54) is 6.07 Å². The Hall–Kier alpha value is -1.25. The molecular formula is C12H19FN2. The molecule has 0 aliphatic heterocycles. The normalized spacial score (nSPS) is 10.3. The van der Waals surface area contributed by atoms with Gasteiger partial charge in [-0.3, -0.25) is 0 Å². The molecule has 0 saturated heterocycles. The maximum absolute atomic E-state index is 13.6. The summed E-state index contributed by atoms with van der Waals surface area (Å²) in [4.78, 5) is 2.05. The first-order valence-electron chi connectivity index (χ1n) is 5.49. The van der Waals surface area contributed by atoms with Gasteiger partial charge >= 0.3 is 0 Å². The lowest BCUT2D eigenvalue weighted by molar-refractivity contribution is 0.613. The van der Waals surface area contributed by atoms with Gasteiger partial charge in [0.15, 0.2) is 0 Å². The third kappa shape index (κ3) is 3.11. The van der Waals surface area contributed by atoms with Gasteiger partial charge in [-0.15, -0.1) is 0 Å². The summed E-state index contributed by atoms with van der Waals surface area (Å²) in [5.41, 5.74) is 6.90. The van der Waals surface area contributed by atoms with E-state index in [0.717, 1.165) is 25.9 Å². The Morgan fingerprint density at radius 1 is 1.20 bits per heavy atom. The molecule has 0 heterocycles. The molecule has 3 heteroatoms. The number of nitrogens with zero attached hydrogens (tertiary/aromatic N) is 1. The second-order valence-electron chi connectivity index (χ2n) is 3.70. The smallest absolute Gasteiger partial charge is 0.146 e. The molecule has 15 heavy (non-hydrogen) atoms. The minimum atomic E-state index is -0.189. The molecule has 2 nitrogen and oxygen atoms in total. The first-order chi connectivity index (χ1) is 7.19. The Morgan fingerprint density at radius 3 is 2.33 bits per heavy atom. The Bertz CT molecular complexity index is 306. The molecule has 1 aromatic rings. The van der Waals surface area contributed by atoms with Gasteiger partial charge in [-0.1, -0.05) is 13.8 Å². The molecule has 0 saturated carbocycles. The average Bonchev–Trinajstić information content (AvgIpc) is 2.21. The maximum atomic E-state index is 13.6. The molecule has 2 N–H and O–H groups in total. The summed E-state index contributed by atoms with van der Waals surface area (Å²) in [7, 11) is 0. The number of rotatable bonds is 5. The molecule has 0 aliphatic rings. The molecule has 0 bridgehead atoms. The lowest BCUT2D eigenvalue weighted by Gasteiger charge is -2.24. The van der Waals surface area contributed by atoms with Crippen LogP contribution in [0.4, 0.5) is 15.8 Å². The highest BCUT2D eigenvalue weighted by atomic mass is 19.1. The van der Waals surface area contributed by atoms with Gasteiger partial charge < -0.3 is 10.6 Å². The van der Waals surface area contributed by atoms with Crippen molar-refractivity contribution in [1.82, 2.24) is 0 Å². The molecule has 0 fully saturated rings. The minimum absolute atomic E-state index is 0.189. The number of benzene rings is 1. The number of hydrogen-bond donors (Lipinski definition) is 1. The van der Waals surface area contributed by atoms with E-state index >= 15 is 0 Å². The molecule has 0 aliphatic carbocycles. The predicted octanol–water partition coefficient (Wildman–Crippen LogP) is 3.03. The van der Waals surface area contributed by atoms with E-state index in [1.54, 1.807) is 12.1 Å². The van der Waals surface area contributed by atoms with Crippen molar-refractivity contribution in [3.8, 4) is 0 Å². The van der Waals surface area contributed by atoms with Gasteiger partial charge in [0.05, 0.1) is 5.69 Å². The van der Waals surface area contributed by atoms with Gasteiger partial charge in [0.1, 0.15) is 5.82 Å². The van der Waals surface area contributed by atoms with E-state index < -0.39 is 0 Å². The van der Waals surface area contributed by atoms with Crippen LogP contribution < -0.4 is 10.6 Å². The average molecular weight is 210 g/mol. The Morgan fingerprint density at radius 2 is 1.80 bits per heavy atom. The van der Waals surface area contributed by atoms with E-state index in [4.69, 9.17) is 5.73 Å². The summed E-state index contributed by atoms with van der Waals surface area (Å²) in [6, 6.07) is 4.73. The van der Waals surface area contributed by atoms with Crippen molar-refractivity contribution < 1.29 is 4.39 Å². The van der Waals surface area contributed by atoms with Crippen molar-refractivity contribution in [3.63, 3.8) is 0 Å². The number of nitrogen functional groups attached to an aromatic ring is 1. The molecule has 0 amide bonds. The van der Waals surface area contributed by atoms with Crippen molar-refractivity contribution in [2.75, 3.05) is 23.7 Å². The van der Waals surface area contributed by atoms with Crippen LogP contribution in [0.2, 0.25) is 0 Å². The highest BCUT2D eigenvalue weighted by Gasteiger charge is 2.09. The van der Waals surface area contributed by atoms with Crippen molar-refractivity contribution in [2.45, 2.75) is 26.7 Å². The zero-order chi connectivity index (χ0) is 11.3. The van der Waals surface area contributed by atoms with E-state index in [2.05, 4.69) is 13.8 Å². The van der Waals surface area contributed by atoms with Crippen LogP contribution in [0.3, 0.4) is 0 Å². The third-order valence-electron chi connectivity index (χ3n) is 2.30. The quantitative estimate of drug-likeness (QED) is 0.757. The molecule has 84 valence electrons. The second-order valence-corrected chi connectivity index (χ2v) is 3.70. The van der Waals surface area contributed by atoms with Gasteiger partial charge in [0.25, 0.3) is 0 Å².